The van der Waals surface area contributed by atoms with E-state index in [9.17, 15) is 0 Å². The van der Waals surface area contributed by atoms with Gasteiger partial charge in [-0.05, 0) is 50.1 Å². The first-order valence-electron chi connectivity index (χ1n) is 7.08. The molecule has 0 radical (unpaired) electrons. The van der Waals surface area contributed by atoms with Gasteiger partial charge in [-0.25, -0.2) is 0 Å². The van der Waals surface area contributed by atoms with Crippen molar-refractivity contribution in [1.29, 1.82) is 0 Å². The predicted octanol–water partition coefficient (Wildman–Crippen LogP) is 4.54. The molecule has 2 rings (SSSR count). The molecule has 0 saturated carbocycles. The van der Waals surface area contributed by atoms with E-state index in [1.165, 1.54) is 22.4 Å². The lowest BCUT2D eigenvalue weighted by molar-refractivity contribution is 0.873. The topological polar surface area (TPSA) is 15.3 Å². The monoisotopic (exact) mass is 268 g/mol. The number of rotatable bonds is 4. The van der Waals surface area contributed by atoms with Crippen LogP contribution in [0.4, 0.5) is 11.4 Å². The van der Waals surface area contributed by atoms with Crippen molar-refractivity contribution in [1.82, 2.24) is 0 Å². The standard InChI is InChI=1S/C18H24N2/c1-13-9-10-18(14(2)11-13)15(3)19-16-7-6-8-17(12-16)20(4)5/h6-12,15,19H,1-5H3. The Bertz CT molecular complexity index is 588. The molecule has 0 fully saturated rings. The fourth-order valence-corrected chi connectivity index (χ4v) is 2.51. The molecule has 106 valence electrons. The summed E-state index contributed by atoms with van der Waals surface area (Å²) in [6.45, 7) is 6.52. The molecule has 2 heteroatoms. The molecule has 20 heavy (non-hydrogen) atoms. The Labute approximate surface area is 122 Å². The zero-order valence-corrected chi connectivity index (χ0v) is 13.1. The number of hydrogen-bond donors (Lipinski definition) is 1. The Morgan fingerprint density at radius 2 is 1.75 bits per heavy atom. The quantitative estimate of drug-likeness (QED) is 0.875. The van der Waals surface area contributed by atoms with Crippen molar-refractivity contribution in [3.63, 3.8) is 0 Å². The average molecular weight is 268 g/mol. The Morgan fingerprint density at radius 3 is 2.40 bits per heavy atom. The van der Waals surface area contributed by atoms with Gasteiger partial charge in [0.1, 0.15) is 0 Å². The molecule has 0 aliphatic rings. The molecular weight excluding hydrogens is 244 g/mol. The maximum atomic E-state index is 3.59. The van der Waals surface area contributed by atoms with Gasteiger partial charge in [0.25, 0.3) is 0 Å². The lowest BCUT2D eigenvalue weighted by Gasteiger charge is -2.20. The highest BCUT2D eigenvalue weighted by Gasteiger charge is 2.08. The van der Waals surface area contributed by atoms with E-state index in [2.05, 4.69) is 87.5 Å². The molecule has 2 aromatic carbocycles. The fourth-order valence-electron chi connectivity index (χ4n) is 2.51. The summed E-state index contributed by atoms with van der Waals surface area (Å²) in [5.41, 5.74) is 6.37. The maximum Gasteiger partial charge on any atom is 0.0488 e. The zero-order chi connectivity index (χ0) is 14.7. The molecule has 0 saturated heterocycles. The summed E-state index contributed by atoms with van der Waals surface area (Å²) < 4.78 is 0. The van der Waals surface area contributed by atoms with E-state index >= 15 is 0 Å². The molecule has 0 bridgehead atoms. The average Bonchev–Trinajstić information content (AvgIpc) is 2.38. The van der Waals surface area contributed by atoms with Crippen LogP contribution in [0.3, 0.4) is 0 Å². The Morgan fingerprint density at radius 1 is 1.00 bits per heavy atom. The van der Waals surface area contributed by atoms with Crippen LogP contribution in [-0.2, 0) is 0 Å². The Kier molecular flexibility index (Phi) is 4.33. The molecule has 0 spiro atoms. The van der Waals surface area contributed by atoms with Crippen LogP contribution in [0.5, 0.6) is 0 Å². The van der Waals surface area contributed by atoms with Gasteiger partial charge < -0.3 is 10.2 Å². The van der Waals surface area contributed by atoms with Gasteiger partial charge in [-0.3, -0.25) is 0 Å². The van der Waals surface area contributed by atoms with Crippen molar-refractivity contribution in [3.05, 3.63) is 59.2 Å². The second-order valence-electron chi connectivity index (χ2n) is 5.67. The highest BCUT2D eigenvalue weighted by molar-refractivity contribution is 5.58. The van der Waals surface area contributed by atoms with Crippen LogP contribution >= 0.6 is 0 Å². The van der Waals surface area contributed by atoms with Gasteiger partial charge in [-0.1, -0.05) is 29.8 Å². The zero-order valence-electron chi connectivity index (χ0n) is 13.1. The second-order valence-corrected chi connectivity index (χ2v) is 5.67. The second kappa shape index (κ2) is 6.00. The smallest absolute Gasteiger partial charge is 0.0488 e. The Balaban J connectivity index is 2.19. The molecule has 0 aliphatic carbocycles. The van der Waals surface area contributed by atoms with Gasteiger partial charge in [-0.2, -0.15) is 0 Å². The lowest BCUT2D eigenvalue weighted by atomic mass is 10.00. The molecule has 2 nitrogen and oxygen atoms in total. The molecule has 0 aromatic heterocycles. The summed E-state index contributed by atoms with van der Waals surface area (Å²) in [5.74, 6) is 0. The van der Waals surface area contributed by atoms with E-state index in [-0.39, 0.29) is 0 Å². The lowest BCUT2D eigenvalue weighted by Crippen LogP contribution is -2.11. The minimum atomic E-state index is 0.299. The summed E-state index contributed by atoms with van der Waals surface area (Å²) >= 11 is 0. The van der Waals surface area contributed by atoms with Crippen LogP contribution in [0.2, 0.25) is 0 Å². The van der Waals surface area contributed by atoms with Gasteiger partial charge in [0.05, 0.1) is 0 Å². The van der Waals surface area contributed by atoms with Crippen molar-refractivity contribution in [2.45, 2.75) is 26.8 Å². The summed E-state index contributed by atoms with van der Waals surface area (Å²) in [4.78, 5) is 2.12. The molecule has 0 heterocycles. The largest absolute Gasteiger partial charge is 0.378 e. The van der Waals surface area contributed by atoms with Gasteiger partial charge in [0.15, 0.2) is 0 Å². The molecule has 0 aliphatic heterocycles. The van der Waals surface area contributed by atoms with Crippen molar-refractivity contribution in [3.8, 4) is 0 Å². The molecular formula is C18H24N2. The van der Waals surface area contributed by atoms with Gasteiger partial charge in [0.2, 0.25) is 0 Å². The summed E-state index contributed by atoms with van der Waals surface area (Å²) in [5, 5.41) is 3.59. The minimum absolute atomic E-state index is 0.299. The van der Waals surface area contributed by atoms with E-state index in [0.29, 0.717) is 6.04 Å². The third-order valence-electron chi connectivity index (χ3n) is 3.64. The predicted molar refractivity (Wildman–Crippen MR) is 88.7 cm³/mol. The highest BCUT2D eigenvalue weighted by atomic mass is 15.1. The third-order valence-corrected chi connectivity index (χ3v) is 3.64. The van der Waals surface area contributed by atoms with Crippen LogP contribution in [0.15, 0.2) is 42.5 Å². The minimum Gasteiger partial charge on any atom is -0.378 e. The SMILES string of the molecule is Cc1ccc(C(C)Nc2cccc(N(C)C)c2)c(C)c1. The van der Waals surface area contributed by atoms with E-state index in [1.807, 2.05) is 0 Å². The van der Waals surface area contributed by atoms with E-state index < -0.39 is 0 Å². The van der Waals surface area contributed by atoms with E-state index in [1.54, 1.807) is 0 Å². The highest BCUT2D eigenvalue weighted by Crippen LogP contribution is 2.25. The summed E-state index contributed by atoms with van der Waals surface area (Å²) in [6, 6.07) is 15.4. The number of nitrogens with zero attached hydrogens (tertiary/aromatic N) is 1. The van der Waals surface area contributed by atoms with Crippen LogP contribution < -0.4 is 10.2 Å². The number of aryl methyl sites for hydroxylation is 2. The van der Waals surface area contributed by atoms with Crippen LogP contribution in [-0.4, -0.2) is 14.1 Å². The molecule has 1 unspecified atom stereocenters. The number of hydrogen-bond acceptors (Lipinski definition) is 2. The molecule has 2 aromatic rings. The fraction of sp³-hybridized carbons (Fsp3) is 0.333. The van der Waals surface area contributed by atoms with Crippen molar-refractivity contribution in [2.75, 3.05) is 24.3 Å². The van der Waals surface area contributed by atoms with E-state index in [4.69, 9.17) is 0 Å². The van der Waals surface area contributed by atoms with Crippen LogP contribution in [0.25, 0.3) is 0 Å². The number of anilines is 2. The number of nitrogens with one attached hydrogen (secondary N) is 1. The Hall–Kier alpha value is -1.96. The van der Waals surface area contributed by atoms with Crippen LogP contribution in [0.1, 0.15) is 29.7 Å². The first kappa shape index (κ1) is 14.4. The van der Waals surface area contributed by atoms with Gasteiger partial charge in [0, 0.05) is 31.5 Å². The van der Waals surface area contributed by atoms with Crippen molar-refractivity contribution in [2.24, 2.45) is 0 Å². The van der Waals surface area contributed by atoms with E-state index in [0.717, 1.165) is 5.69 Å². The normalized spacial score (nSPS) is 12.1. The number of benzene rings is 2. The summed E-state index contributed by atoms with van der Waals surface area (Å²) in [7, 11) is 4.12. The maximum absolute atomic E-state index is 3.59. The third kappa shape index (κ3) is 3.32. The molecule has 0 amide bonds. The van der Waals surface area contributed by atoms with Gasteiger partial charge >= 0.3 is 0 Å². The molecule has 1 N–H and O–H groups in total. The van der Waals surface area contributed by atoms with Crippen molar-refractivity contribution >= 4 is 11.4 Å². The molecule has 1 atom stereocenters. The first-order valence-corrected chi connectivity index (χ1v) is 7.08. The van der Waals surface area contributed by atoms with Crippen LogP contribution in [0, 0.1) is 13.8 Å². The summed E-state index contributed by atoms with van der Waals surface area (Å²) in [6.07, 6.45) is 0. The van der Waals surface area contributed by atoms with Crippen molar-refractivity contribution < 1.29 is 0 Å². The first-order chi connectivity index (χ1) is 9.47. The van der Waals surface area contributed by atoms with Gasteiger partial charge in [-0.15, -0.1) is 0 Å².